The van der Waals surface area contributed by atoms with Crippen LogP contribution in [0.5, 0.6) is 0 Å². The highest BCUT2D eigenvalue weighted by Gasteiger charge is 2.31. The van der Waals surface area contributed by atoms with E-state index in [2.05, 4.69) is 5.10 Å². The van der Waals surface area contributed by atoms with Gasteiger partial charge in [-0.2, -0.15) is 5.10 Å². The summed E-state index contributed by atoms with van der Waals surface area (Å²) in [4.78, 5) is 35.5. The third kappa shape index (κ3) is 3.61. The van der Waals surface area contributed by atoms with Crippen LogP contribution >= 0.6 is 0 Å². The summed E-state index contributed by atoms with van der Waals surface area (Å²) in [7, 11) is 1.30. The second-order valence-corrected chi connectivity index (χ2v) is 6.15. The second-order valence-electron chi connectivity index (χ2n) is 6.15. The number of carbonyl (C=O) groups is 2. The highest BCUT2D eigenvalue weighted by molar-refractivity contribution is 5.74. The lowest BCUT2D eigenvalue weighted by molar-refractivity contribution is -0.145. The summed E-state index contributed by atoms with van der Waals surface area (Å²) < 4.78 is 6.05. The van der Waals surface area contributed by atoms with Crippen molar-refractivity contribution in [1.29, 1.82) is 0 Å². The highest BCUT2D eigenvalue weighted by atomic mass is 16.5. The maximum atomic E-state index is 12.7. The SMILES string of the molecule is COC(=O)[C@H](CC(C)C)n1nc(CC=O)cc(C2CC2)c1=O. The van der Waals surface area contributed by atoms with E-state index in [-0.39, 0.29) is 23.8 Å². The number of aromatic nitrogens is 2. The first kappa shape index (κ1) is 16.4. The Morgan fingerprint density at radius 1 is 1.50 bits per heavy atom. The Labute approximate surface area is 129 Å². The number of hydrogen-bond acceptors (Lipinski definition) is 5. The number of ether oxygens (including phenoxy) is 1. The van der Waals surface area contributed by atoms with Crippen molar-refractivity contribution in [2.24, 2.45) is 5.92 Å². The first-order valence-electron chi connectivity index (χ1n) is 7.62. The number of methoxy groups -OCH3 is 1. The minimum absolute atomic E-state index is 0.134. The lowest BCUT2D eigenvalue weighted by Gasteiger charge is -2.19. The van der Waals surface area contributed by atoms with Crippen LogP contribution in [-0.2, 0) is 20.7 Å². The molecule has 2 rings (SSSR count). The Morgan fingerprint density at radius 2 is 2.18 bits per heavy atom. The molecule has 1 aromatic rings. The van der Waals surface area contributed by atoms with Crippen molar-refractivity contribution in [2.45, 2.75) is 51.5 Å². The molecule has 22 heavy (non-hydrogen) atoms. The van der Waals surface area contributed by atoms with Gasteiger partial charge in [-0.05, 0) is 37.2 Å². The van der Waals surface area contributed by atoms with E-state index in [1.807, 2.05) is 13.8 Å². The van der Waals surface area contributed by atoms with E-state index in [4.69, 9.17) is 4.74 Å². The van der Waals surface area contributed by atoms with Gasteiger partial charge in [0.15, 0.2) is 6.04 Å². The molecule has 0 radical (unpaired) electrons. The van der Waals surface area contributed by atoms with Gasteiger partial charge in [-0.25, -0.2) is 9.48 Å². The maximum Gasteiger partial charge on any atom is 0.330 e. The zero-order valence-electron chi connectivity index (χ0n) is 13.2. The van der Waals surface area contributed by atoms with Crippen LogP contribution in [0.1, 0.15) is 56.3 Å². The Kier molecular flexibility index (Phi) is 5.11. The molecule has 1 aromatic heterocycles. The molecule has 1 atom stereocenters. The lowest BCUT2D eigenvalue weighted by atomic mass is 10.0. The van der Waals surface area contributed by atoms with E-state index in [9.17, 15) is 14.4 Å². The predicted molar refractivity (Wildman–Crippen MR) is 80.7 cm³/mol. The molecule has 0 bridgehead atoms. The number of nitrogens with zero attached hydrogens (tertiary/aromatic N) is 2. The van der Waals surface area contributed by atoms with Crippen LogP contribution in [0.3, 0.4) is 0 Å². The van der Waals surface area contributed by atoms with Crippen LogP contribution in [-0.4, -0.2) is 29.1 Å². The molecular formula is C16H22N2O4. The maximum absolute atomic E-state index is 12.7. The molecule has 0 unspecified atom stereocenters. The molecule has 0 spiro atoms. The third-order valence-corrected chi connectivity index (χ3v) is 3.79. The van der Waals surface area contributed by atoms with Gasteiger partial charge in [-0.3, -0.25) is 4.79 Å². The van der Waals surface area contributed by atoms with Crippen LogP contribution in [0, 0.1) is 5.92 Å². The zero-order chi connectivity index (χ0) is 16.3. The van der Waals surface area contributed by atoms with Crippen LogP contribution in [0.4, 0.5) is 0 Å². The minimum Gasteiger partial charge on any atom is -0.467 e. The topological polar surface area (TPSA) is 78.3 Å². The Bertz CT molecular complexity index is 617. The van der Waals surface area contributed by atoms with E-state index < -0.39 is 12.0 Å². The molecule has 1 fully saturated rings. The Hall–Kier alpha value is -1.98. The third-order valence-electron chi connectivity index (χ3n) is 3.79. The van der Waals surface area contributed by atoms with Crippen molar-refractivity contribution in [3.05, 3.63) is 27.7 Å². The monoisotopic (exact) mass is 306 g/mol. The summed E-state index contributed by atoms with van der Waals surface area (Å²) >= 11 is 0. The van der Waals surface area contributed by atoms with Gasteiger partial charge in [0.2, 0.25) is 0 Å². The van der Waals surface area contributed by atoms with Gasteiger partial charge in [-0.1, -0.05) is 13.8 Å². The van der Waals surface area contributed by atoms with Gasteiger partial charge >= 0.3 is 5.97 Å². The molecule has 6 nitrogen and oxygen atoms in total. The normalized spacial score (nSPS) is 15.6. The Balaban J connectivity index is 2.51. The molecule has 0 aromatic carbocycles. The van der Waals surface area contributed by atoms with E-state index in [0.29, 0.717) is 17.7 Å². The standard InChI is InChI=1S/C16H22N2O4/c1-10(2)8-14(16(21)22-3)18-15(20)13(11-4-5-11)9-12(17-18)6-7-19/h7,9-11,14H,4-6,8H2,1-3H3/t14-/m0/s1. The molecule has 120 valence electrons. The van der Waals surface area contributed by atoms with E-state index in [0.717, 1.165) is 19.1 Å². The summed E-state index contributed by atoms with van der Waals surface area (Å²) in [5.74, 6) is -0.0466. The number of esters is 1. The van der Waals surface area contributed by atoms with Gasteiger partial charge < -0.3 is 9.53 Å². The molecule has 0 amide bonds. The molecule has 1 aliphatic carbocycles. The number of aldehydes is 1. The van der Waals surface area contributed by atoms with Gasteiger partial charge in [0, 0.05) is 12.0 Å². The van der Waals surface area contributed by atoms with Crippen LogP contribution in [0.15, 0.2) is 10.9 Å². The average Bonchev–Trinajstić information content (AvgIpc) is 3.30. The fourth-order valence-electron chi connectivity index (χ4n) is 2.55. The largest absolute Gasteiger partial charge is 0.467 e. The van der Waals surface area contributed by atoms with E-state index >= 15 is 0 Å². The molecule has 1 saturated carbocycles. The summed E-state index contributed by atoms with van der Waals surface area (Å²) in [5, 5.41) is 4.23. The summed E-state index contributed by atoms with van der Waals surface area (Å²) in [6, 6.07) is 0.954. The number of hydrogen-bond donors (Lipinski definition) is 0. The molecule has 1 aliphatic rings. The van der Waals surface area contributed by atoms with E-state index in [1.54, 1.807) is 6.07 Å². The molecule has 0 saturated heterocycles. The fraction of sp³-hybridized carbons (Fsp3) is 0.625. The van der Waals surface area contributed by atoms with Gasteiger partial charge in [0.05, 0.1) is 12.8 Å². The van der Waals surface area contributed by atoms with Crippen molar-refractivity contribution in [3.63, 3.8) is 0 Å². The lowest BCUT2D eigenvalue weighted by Crippen LogP contribution is -2.36. The van der Waals surface area contributed by atoms with Crippen LogP contribution in [0.2, 0.25) is 0 Å². The summed E-state index contributed by atoms with van der Waals surface area (Å²) in [6.07, 6.45) is 3.28. The van der Waals surface area contributed by atoms with Gasteiger partial charge in [0.25, 0.3) is 5.56 Å². The molecule has 0 N–H and O–H groups in total. The first-order valence-corrected chi connectivity index (χ1v) is 7.62. The first-order chi connectivity index (χ1) is 10.5. The molecule has 6 heteroatoms. The van der Waals surface area contributed by atoms with Crippen molar-refractivity contribution in [1.82, 2.24) is 9.78 Å². The molecular weight excluding hydrogens is 284 g/mol. The predicted octanol–water partition coefficient (Wildman–Crippen LogP) is 1.62. The van der Waals surface area contributed by atoms with Crippen molar-refractivity contribution < 1.29 is 14.3 Å². The van der Waals surface area contributed by atoms with Crippen molar-refractivity contribution >= 4 is 12.3 Å². The van der Waals surface area contributed by atoms with E-state index in [1.165, 1.54) is 11.8 Å². The average molecular weight is 306 g/mol. The van der Waals surface area contributed by atoms with Crippen molar-refractivity contribution in [3.8, 4) is 0 Å². The zero-order valence-corrected chi connectivity index (χ0v) is 13.2. The van der Waals surface area contributed by atoms with Crippen LogP contribution in [0.25, 0.3) is 0 Å². The van der Waals surface area contributed by atoms with Gasteiger partial charge in [-0.15, -0.1) is 0 Å². The van der Waals surface area contributed by atoms with Gasteiger partial charge in [0.1, 0.15) is 6.29 Å². The second kappa shape index (κ2) is 6.85. The Morgan fingerprint density at radius 3 is 2.68 bits per heavy atom. The fourth-order valence-corrected chi connectivity index (χ4v) is 2.55. The summed E-state index contributed by atoms with van der Waals surface area (Å²) in [5.41, 5.74) is 0.937. The molecule has 0 aliphatic heterocycles. The minimum atomic E-state index is -0.749. The van der Waals surface area contributed by atoms with Crippen molar-refractivity contribution in [2.75, 3.05) is 7.11 Å². The smallest absolute Gasteiger partial charge is 0.330 e. The number of rotatable bonds is 7. The highest BCUT2D eigenvalue weighted by Crippen LogP contribution is 2.38. The molecule has 1 heterocycles. The van der Waals surface area contributed by atoms with Crippen LogP contribution < -0.4 is 5.56 Å². The summed E-state index contributed by atoms with van der Waals surface area (Å²) in [6.45, 7) is 3.94. The number of carbonyl (C=O) groups excluding carboxylic acids is 2. The quantitative estimate of drug-likeness (QED) is 0.565.